The lowest BCUT2D eigenvalue weighted by Crippen LogP contribution is -2.35. The second-order valence-electron chi connectivity index (χ2n) is 6.15. The quantitative estimate of drug-likeness (QED) is 0.603. The molecule has 0 aliphatic carbocycles. The number of carbonyl (C=O) groups is 2. The van der Waals surface area contributed by atoms with E-state index in [0.717, 1.165) is 0 Å². The van der Waals surface area contributed by atoms with Gasteiger partial charge in [0.15, 0.2) is 0 Å². The minimum Gasteiger partial charge on any atom is -0.478 e. The van der Waals surface area contributed by atoms with Crippen LogP contribution in [0.2, 0.25) is 0 Å². The Hall–Kier alpha value is -3.17. The van der Waals surface area contributed by atoms with Gasteiger partial charge in [0.25, 0.3) is 5.56 Å². The van der Waals surface area contributed by atoms with Crippen molar-refractivity contribution in [3.63, 3.8) is 0 Å². The van der Waals surface area contributed by atoms with Gasteiger partial charge >= 0.3 is 11.9 Å². The zero-order valence-electron chi connectivity index (χ0n) is 14.4. The smallest absolute Gasteiger partial charge is 0.342 e. The van der Waals surface area contributed by atoms with Gasteiger partial charge in [-0.1, -0.05) is 24.3 Å². The van der Waals surface area contributed by atoms with Gasteiger partial charge in [-0.15, -0.1) is 0 Å². The Bertz CT molecular complexity index is 947. The van der Waals surface area contributed by atoms with Crippen molar-refractivity contribution in [1.29, 1.82) is 0 Å². The Labute approximate surface area is 154 Å². The Kier molecular flexibility index (Phi) is 5.24. The number of pyridine rings is 1. The number of nitrogens with zero attached hydrogens (tertiary/aromatic N) is 1. The molecule has 1 aromatic heterocycles. The molecule has 2 heterocycles. The van der Waals surface area contributed by atoms with Crippen LogP contribution < -0.4 is 11.3 Å². The fourth-order valence-electron chi connectivity index (χ4n) is 3.22. The van der Waals surface area contributed by atoms with Crippen molar-refractivity contribution >= 4 is 17.8 Å². The zero-order valence-corrected chi connectivity index (χ0v) is 14.4. The Balaban J connectivity index is 2.23. The van der Waals surface area contributed by atoms with E-state index < -0.39 is 28.6 Å². The lowest BCUT2D eigenvalue weighted by atomic mass is 9.91. The first-order valence-electron chi connectivity index (χ1n) is 8.31. The minimum atomic E-state index is -1.52. The molecule has 5 N–H and O–H groups in total. The molecule has 1 aromatic carbocycles. The zero-order chi connectivity index (χ0) is 19.6. The van der Waals surface area contributed by atoms with E-state index >= 15 is 0 Å². The number of benzene rings is 1. The number of H-pyrrole nitrogens is 1. The van der Waals surface area contributed by atoms with Gasteiger partial charge in [-0.2, -0.15) is 0 Å². The Morgan fingerprint density at radius 1 is 1.11 bits per heavy atom. The molecule has 142 valence electrons. The molecule has 0 atom stereocenters. The van der Waals surface area contributed by atoms with E-state index in [9.17, 15) is 24.6 Å². The predicted molar refractivity (Wildman–Crippen MR) is 96.9 cm³/mol. The van der Waals surface area contributed by atoms with Gasteiger partial charge in [0, 0.05) is 25.2 Å². The monoisotopic (exact) mass is 373 g/mol. The first-order valence-corrected chi connectivity index (χ1v) is 8.31. The summed E-state index contributed by atoms with van der Waals surface area (Å²) in [5.74, 6) is -3.31. The molecule has 0 spiro atoms. The van der Waals surface area contributed by atoms with Gasteiger partial charge in [0.2, 0.25) is 0 Å². The maximum absolute atomic E-state index is 12.2. The molecule has 1 aliphatic rings. The van der Waals surface area contributed by atoms with Gasteiger partial charge in [-0.25, -0.2) is 9.59 Å². The molecule has 0 bridgehead atoms. The second kappa shape index (κ2) is 7.60. The standard InChI is InChI=1S/C18H19N3O6/c19-15-13(17(23)24)12(14(18(25)26)16(22)20-15)11-4-2-1-3-10(11)9-21-5-7-27-8-6-21/h1-4H,5-9H2,(H,23,24)(H,25,26)(H3,19,20,22). The summed E-state index contributed by atoms with van der Waals surface area (Å²) in [6.45, 7) is 3.03. The molecule has 0 saturated carbocycles. The number of rotatable bonds is 5. The number of aromatic nitrogens is 1. The van der Waals surface area contributed by atoms with Gasteiger partial charge in [-0.3, -0.25) is 9.69 Å². The summed E-state index contributed by atoms with van der Waals surface area (Å²) in [5.41, 5.74) is 4.57. The number of hydrogen-bond acceptors (Lipinski definition) is 6. The lowest BCUT2D eigenvalue weighted by Gasteiger charge is -2.27. The van der Waals surface area contributed by atoms with Crippen LogP contribution in [0.25, 0.3) is 11.1 Å². The van der Waals surface area contributed by atoms with Gasteiger partial charge in [0.05, 0.1) is 13.2 Å². The van der Waals surface area contributed by atoms with Crippen molar-refractivity contribution in [3.05, 3.63) is 51.3 Å². The summed E-state index contributed by atoms with van der Waals surface area (Å²) in [6.07, 6.45) is 0. The van der Waals surface area contributed by atoms with Crippen molar-refractivity contribution in [2.75, 3.05) is 32.0 Å². The first kappa shape index (κ1) is 18.6. The summed E-state index contributed by atoms with van der Waals surface area (Å²) in [6, 6.07) is 6.81. The van der Waals surface area contributed by atoms with E-state index in [1.807, 2.05) is 0 Å². The second-order valence-corrected chi connectivity index (χ2v) is 6.15. The summed E-state index contributed by atoms with van der Waals surface area (Å²) < 4.78 is 5.33. The molecule has 0 unspecified atom stereocenters. The molecular formula is C18H19N3O6. The summed E-state index contributed by atoms with van der Waals surface area (Å²) in [4.78, 5) is 39.9. The largest absolute Gasteiger partial charge is 0.478 e. The molecule has 9 nitrogen and oxygen atoms in total. The molecule has 1 fully saturated rings. The number of carboxylic acids is 2. The van der Waals surface area contributed by atoms with Crippen LogP contribution >= 0.6 is 0 Å². The third-order valence-electron chi connectivity index (χ3n) is 4.46. The minimum absolute atomic E-state index is 0.180. The van der Waals surface area contributed by atoms with Gasteiger partial charge in [-0.05, 0) is 11.1 Å². The third-order valence-corrected chi connectivity index (χ3v) is 4.46. The third kappa shape index (κ3) is 3.69. The summed E-state index contributed by atoms with van der Waals surface area (Å²) in [5, 5.41) is 19.1. The van der Waals surface area contributed by atoms with E-state index in [-0.39, 0.29) is 11.4 Å². The molecular weight excluding hydrogens is 354 g/mol. The van der Waals surface area contributed by atoms with Crippen LogP contribution in [0.3, 0.4) is 0 Å². The number of aromatic amines is 1. The number of ether oxygens (including phenoxy) is 1. The van der Waals surface area contributed by atoms with E-state index in [1.165, 1.54) is 0 Å². The average Bonchev–Trinajstić information content (AvgIpc) is 2.61. The van der Waals surface area contributed by atoms with E-state index in [2.05, 4.69) is 9.88 Å². The number of nitrogens with two attached hydrogens (primary N) is 1. The van der Waals surface area contributed by atoms with Crippen LogP contribution in [-0.2, 0) is 11.3 Å². The van der Waals surface area contributed by atoms with Crippen LogP contribution in [0, 0.1) is 0 Å². The van der Waals surface area contributed by atoms with E-state index in [1.54, 1.807) is 24.3 Å². The molecule has 9 heteroatoms. The number of carboxylic acid groups (broad SMARTS) is 2. The van der Waals surface area contributed by atoms with Crippen LogP contribution in [-0.4, -0.2) is 58.3 Å². The SMILES string of the molecule is Nc1[nH]c(=O)c(C(=O)O)c(-c2ccccc2CN2CCOCC2)c1C(=O)O. The maximum atomic E-state index is 12.2. The summed E-state index contributed by atoms with van der Waals surface area (Å²) in [7, 11) is 0. The number of nitrogens with one attached hydrogen (secondary N) is 1. The first-order chi connectivity index (χ1) is 12.9. The van der Waals surface area contributed by atoms with E-state index in [4.69, 9.17) is 10.5 Å². The molecule has 0 radical (unpaired) electrons. The van der Waals surface area contributed by atoms with Crippen molar-refractivity contribution < 1.29 is 24.5 Å². The van der Waals surface area contributed by atoms with Crippen LogP contribution in [0.4, 0.5) is 5.82 Å². The van der Waals surface area contributed by atoms with Crippen LogP contribution in [0.1, 0.15) is 26.3 Å². The highest BCUT2D eigenvalue weighted by molar-refractivity contribution is 6.07. The molecule has 27 heavy (non-hydrogen) atoms. The number of aromatic carboxylic acids is 2. The molecule has 1 aliphatic heterocycles. The average molecular weight is 373 g/mol. The molecule has 2 aromatic rings. The molecule has 3 rings (SSSR count). The number of nitrogen functional groups attached to an aromatic ring is 1. The van der Waals surface area contributed by atoms with Crippen molar-refractivity contribution in [3.8, 4) is 11.1 Å². The fraction of sp³-hybridized carbons (Fsp3) is 0.278. The maximum Gasteiger partial charge on any atom is 0.342 e. The van der Waals surface area contributed by atoms with Gasteiger partial charge < -0.3 is 25.7 Å². The van der Waals surface area contributed by atoms with Crippen LogP contribution in [0.5, 0.6) is 0 Å². The van der Waals surface area contributed by atoms with Gasteiger partial charge in [0.1, 0.15) is 16.9 Å². The highest BCUT2D eigenvalue weighted by atomic mass is 16.5. The Morgan fingerprint density at radius 2 is 1.74 bits per heavy atom. The Morgan fingerprint density at radius 3 is 2.37 bits per heavy atom. The highest BCUT2D eigenvalue weighted by Gasteiger charge is 2.28. The van der Waals surface area contributed by atoms with Crippen molar-refractivity contribution in [2.45, 2.75) is 6.54 Å². The number of hydrogen-bond donors (Lipinski definition) is 4. The van der Waals surface area contributed by atoms with E-state index in [0.29, 0.717) is 44.0 Å². The highest BCUT2D eigenvalue weighted by Crippen LogP contribution is 2.32. The van der Waals surface area contributed by atoms with Crippen LogP contribution in [0.15, 0.2) is 29.1 Å². The molecule has 1 saturated heterocycles. The normalized spacial score (nSPS) is 14.8. The predicted octanol–water partition coefficient (Wildman–Crippen LogP) is 0.853. The topological polar surface area (TPSA) is 146 Å². The summed E-state index contributed by atoms with van der Waals surface area (Å²) >= 11 is 0. The number of anilines is 1. The lowest BCUT2D eigenvalue weighted by molar-refractivity contribution is 0.0342. The molecule has 0 amide bonds. The number of morpholine rings is 1. The fourth-order valence-corrected chi connectivity index (χ4v) is 3.22. The van der Waals surface area contributed by atoms with Crippen molar-refractivity contribution in [2.24, 2.45) is 0 Å². The van der Waals surface area contributed by atoms with Crippen molar-refractivity contribution in [1.82, 2.24) is 9.88 Å².